The highest BCUT2D eigenvalue weighted by Gasteiger charge is 2.32. The Kier molecular flexibility index (Phi) is 5.00. The smallest absolute Gasteiger partial charge is 0.257 e. The Morgan fingerprint density at radius 1 is 1.32 bits per heavy atom. The highest BCUT2D eigenvalue weighted by Crippen LogP contribution is 2.36. The number of rotatable bonds is 3. The molecule has 2 unspecified atom stereocenters. The van der Waals surface area contributed by atoms with Gasteiger partial charge in [0.25, 0.3) is 5.56 Å². The molecule has 4 heterocycles. The van der Waals surface area contributed by atoms with Gasteiger partial charge in [0, 0.05) is 36.6 Å². The molecule has 2 atom stereocenters. The zero-order chi connectivity index (χ0) is 19.1. The Bertz CT molecular complexity index is 941. The molecule has 0 aromatic carbocycles. The first-order valence-corrected chi connectivity index (χ1v) is 11.9. The van der Waals surface area contributed by atoms with E-state index in [1.165, 1.54) is 0 Å². The maximum atomic E-state index is 13.0. The van der Waals surface area contributed by atoms with Crippen molar-refractivity contribution in [2.75, 3.05) is 24.6 Å². The van der Waals surface area contributed by atoms with E-state index in [9.17, 15) is 9.59 Å². The lowest BCUT2D eigenvalue weighted by atomic mass is 10.1. The molecule has 0 bridgehead atoms. The van der Waals surface area contributed by atoms with Crippen molar-refractivity contribution in [2.24, 2.45) is 0 Å². The molecule has 0 spiro atoms. The molecule has 6 nitrogen and oxygen atoms in total. The first-order valence-electron chi connectivity index (χ1n) is 9.90. The first kappa shape index (κ1) is 18.4. The van der Waals surface area contributed by atoms with Crippen LogP contribution in [0.1, 0.15) is 47.6 Å². The highest BCUT2D eigenvalue weighted by atomic mass is 32.2. The van der Waals surface area contributed by atoms with Crippen LogP contribution in [-0.2, 0) is 17.6 Å². The fourth-order valence-corrected chi connectivity index (χ4v) is 6.69. The number of carbonyl (C=O) groups excluding carboxylic acids is 1. The fraction of sp³-hybridized carbons (Fsp3) is 0.550. The molecule has 0 saturated carbocycles. The third kappa shape index (κ3) is 3.30. The second kappa shape index (κ2) is 7.63. The lowest BCUT2D eigenvalue weighted by molar-refractivity contribution is -0.131. The van der Waals surface area contributed by atoms with Crippen LogP contribution in [0.25, 0.3) is 0 Å². The van der Waals surface area contributed by atoms with Crippen molar-refractivity contribution in [2.45, 2.75) is 48.6 Å². The van der Waals surface area contributed by atoms with E-state index in [1.54, 1.807) is 22.6 Å². The summed E-state index contributed by atoms with van der Waals surface area (Å²) in [5.41, 5.74) is 1.94. The first-order chi connectivity index (χ1) is 13.7. The monoisotopic (exact) mass is 417 g/mol. The van der Waals surface area contributed by atoms with Gasteiger partial charge in [-0.3, -0.25) is 14.2 Å². The van der Waals surface area contributed by atoms with Gasteiger partial charge < -0.3 is 9.32 Å². The van der Waals surface area contributed by atoms with Crippen LogP contribution in [0.4, 0.5) is 0 Å². The lowest BCUT2D eigenvalue weighted by Crippen LogP contribution is -2.36. The van der Waals surface area contributed by atoms with Gasteiger partial charge in [0.2, 0.25) is 5.91 Å². The molecule has 3 aliphatic rings. The third-order valence-corrected chi connectivity index (χ3v) is 8.22. The molecule has 0 radical (unpaired) electrons. The number of amides is 1. The van der Waals surface area contributed by atoms with Crippen molar-refractivity contribution in [3.8, 4) is 0 Å². The largest absolute Gasteiger partial charge is 0.468 e. The minimum atomic E-state index is -0.0739. The van der Waals surface area contributed by atoms with Crippen LogP contribution in [0.2, 0.25) is 0 Å². The predicted molar refractivity (Wildman–Crippen MR) is 110 cm³/mol. The number of aromatic nitrogens is 2. The second-order valence-corrected chi connectivity index (χ2v) is 9.86. The normalized spacial score (nSPS) is 24.1. The minimum absolute atomic E-state index is 0.0739. The average Bonchev–Trinajstić information content (AvgIpc) is 3.41. The Labute approximate surface area is 172 Å². The summed E-state index contributed by atoms with van der Waals surface area (Å²) < 4.78 is 7.35. The van der Waals surface area contributed by atoms with Crippen LogP contribution >= 0.6 is 23.5 Å². The molecule has 1 saturated heterocycles. The summed E-state index contributed by atoms with van der Waals surface area (Å²) in [7, 11) is 0. The Balaban J connectivity index is 1.28. The average molecular weight is 418 g/mol. The second-order valence-electron chi connectivity index (χ2n) is 7.56. The summed E-state index contributed by atoms with van der Waals surface area (Å²) in [5, 5.41) is 1.11. The number of hydrogen-bond acceptors (Lipinski definition) is 6. The Morgan fingerprint density at radius 2 is 2.25 bits per heavy atom. The maximum absolute atomic E-state index is 13.0. The molecule has 1 fully saturated rings. The number of aryl methyl sites for hydroxylation is 1. The lowest BCUT2D eigenvalue weighted by Gasteiger charge is -2.22. The molecular weight excluding hydrogens is 394 g/mol. The van der Waals surface area contributed by atoms with Gasteiger partial charge in [0.1, 0.15) is 5.76 Å². The van der Waals surface area contributed by atoms with Gasteiger partial charge >= 0.3 is 0 Å². The number of thioether (sulfide) groups is 2. The summed E-state index contributed by atoms with van der Waals surface area (Å²) in [6, 6.07) is 3.86. The van der Waals surface area contributed by atoms with Gasteiger partial charge in [0.15, 0.2) is 5.16 Å². The molecule has 28 heavy (non-hydrogen) atoms. The van der Waals surface area contributed by atoms with Crippen LogP contribution in [0.5, 0.6) is 0 Å². The van der Waals surface area contributed by atoms with E-state index >= 15 is 0 Å². The van der Waals surface area contributed by atoms with Gasteiger partial charge in [-0.1, -0.05) is 11.8 Å². The van der Waals surface area contributed by atoms with Gasteiger partial charge in [0.05, 0.1) is 23.2 Å². The molecule has 8 heteroatoms. The van der Waals surface area contributed by atoms with E-state index in [0.717, 1.165) is 72.5 Å². The number of hydrogen-bond donors (Lipinski definition) is 0. The summed E-state index contributed by atoms with van der Waals surface area (Å²) in [5.74, 6) is 2.80. The summed E-state index contributed by atoms with van der Waals surface area (Å²) in [4.78, 5) is 32.6. The summed E-state index contributed by atoms with van der Waals surface area (Å²) in [6.07, 6.45) is 5.74. The van der Waals surface area contributed by atoms with E-state index in [0.29, 0.717) is 11.7 Å². The zero-order valence-electron chi connectivity index (χ0n) is 15.6. The Morgan fingerprint density at radius 3 is 3.11 bits per heavy atom. The molecule has 1 amide bonds. The van der Waals surface area contributed by atoms with E-state index < -0.39 is 0 Å². The van der Waals surface area contributed by atoms with Crippen LogP contribution in [0.3, 0.4) is 0 Å². The van der Waals surface area contributed by atoms with Crippen molar-refractivity contribution in [1.82, 2.24) is 14.5 Å². The van der Waals surface area contributed by atoms with Crippen molar-refractivity contribution in [1.29, 1.82) is 0 Å². The quantitative estimate of drug-likeness (QED) is 0.715. The minimum Gasteiger partial charge on any atom is -0.468 e. The van der Waals surface area contributed by atoms with E-state index in [2.05, 4.69) is 0 Å². The molecule has 2 aromatic rings. The summed E-state index contributed by atoms with van der Waals surface area (Å²) >= 11 is 3.47. The topological polar surface area (TPSA) is 68.3 Å². The van der Waals surface area contributed by atoms with Gasteiger partial charge in [-0.25, -0.2) is 4.98 Å². The van der Waals surface area contributed by atoms with Crippen LogP contribution in [0.15, 0.2) is 32.8 Å². The van der Waals surface area contributed by atoms with Gasteiger partial charge in [-0.15, -0.1) is 11.8 Å². The third-order valence-electron chi connectivity index (χ3n) is 5.84. The molecule has 0 N–H and O–H groups in total. The number of fused-ring (bicyclic) bond motifs is 2. The summed E-state index contributed by atoms with van der Waals surface area (Å²) in [6.45, 7) is 1.49. The van der Waals surface area contributed by atoms with E-state index in [4.69, 9.17) is 9.40 Å². The van der Waals surface area contributed by atoms with Gasteiger partial charge in [-0.2, -0.15) is 0 Å². The van der Waals surface area contributed by atoms with E-state index in [1.807, 2.05) is 28.8 Å². The van der Waals surface area contributed by atoms with Crippen molar-refractivity contribution < 1.29 is 9.21 Å². The maximum Gasteiger partial charge on any atom is 0.257 e. The van der Waals surface area contributed by atoms with Crippen LogP contribution in [-0.4, -0.2) is 45.0 Å². The zero-order valence-corrected chi connectivity index (χ0v) is 17.3. The molecule has 1 aliphatic carbocycles. The standard InChI is InChI=1S/C20H23N3O3S2/c24-18(22-7-6-17(27-10-8-22)16-5-2-9-26-16)11-13-12-28-20-21-15-4-1-3-14(15)19(25)23(13)20/h2,5,9,13,17H,1,3-4,6-8,10-12H2. The van der Waals surface area contributed by atoms with E-state index in [-0.39, 0.29) is 17.5 Å². The number of carbonyl (C=O) groups is 1. The van der Waals surface area contributed by atoms with Crippen LogP contribution in [0, 0.1) is 0 Å². The highest BCUT2D eigenvalue weighted by molar-refractivity contribution is 7.99. The van der Waals surface area contributed by atoms with Crippen LogP contribution < -0.4 is 5.56 Å². The van der Waals surface area contributed by atoms with Crippen molar-refractivity contribution >= 4 is 29.4 Å². The molecule has 148 valence electrons. The van der Waals surface area contributed by atoms with Crippen molar-refractivity contribution in [3.05, 3.63) is 45.8 Å². The predicted octanol–water partition coefficient (Wildman–Crippen LogP) is 3.07. The Hall–Kier alpha value is -1.67. The molecular formula is C20H23N3O3S2. The molecule has 2 aromatic heterocycles. The number of nitrogens with zero attached hydrogens (tertiary/aromatic N) is 3. The molecule has 5 rings (SSSR count). The van der Waals surface area contributed by atoms with Crippen molar-refractivity contribution in [3.63, 3.8) is 0 Å². The fourth-order valence-electron chi connectivity index (χ4n) is 4.35. The van der Waals surface area contributed by atoms with Gasteiger partial charge in [-0.05, 0) is 37.8 Å². The SMILES string of the molecule is O=C(CC1CSc2nc3c(c(=O)n21)CCC3)N1CCSC(c2ccco2)CC1. The number of furan rings is 1. The molecule has 2 aliphatic heterocycles.